The summed E-state index contributed by atoms with van der Waals surface area (Å²) in [6.07, 6.45) is 33.3. The van der Waals surface area contributed by atoms with Crippen LogP contribution in [0, 0.1) is 49.4 Å². The molecule has 3 aliphatic heterocycles. The minimum absolute atomic E-state index is 0.0199. The highest BCUT2D eigenvalue weighted by Gasteiger charge is 2.58. The Labute approximate surface area is 370 Å². The van der Waals surface area contributed by atoms with Crippen LogP contribution in [0.2, 0.25) is 0 Å². The molecule has 8 aliphatic rings. The fourth-order valence-electron chi connectivity index (χ4n) is 13.1. The molecule has 2 nitrogen and oxygen atoms in total. The van der Waals surface area contributed by atoms with Crippen LogP contribution in [0.3, 0.4) is 0 Å². The first-order valence-electron chi connectivity index (χ1n) is 23.5. The van der Waals surface area contributed by atoms with Crippen molar-refractivity contribution in [1.29, 1.82) is 0 Å². The molecule has 0 saturated carbocycles. The first-order valence-corrected chi connectivity index (χ1v) is 23.5. The van der Waals surface area contributed by atoms with E-state index in [9.17, 15) is 0 Å². The lowest BCUT2D eigenvalue weighted by atomic mass is 9.25. The number of allylic oxidation sites excluding steroid dienone is 13. The SMILES string of the molecule is Cc1cc(C)c(-c2cc3c4c(c2)-n2c(C5=CCCC=C5)c(-c5ccccc5)c5c2C(B4C2=CC(C(C)(C)C)=CC4C6=C(C=CC(C(C)(C)C)C6)N3C24)C2C=CC=CC2=C5)c(C)c1. The summed E-state index contributed by atoms with van der Waals surface area (Å²) in [6.45, 7) is 21.7. The third kappa shape index (κ3) is 5.36. The highest BCUT2D eigenvalue weighted by molar-refractivity contribution is 6.84. The van der Waals surface area contributed by atoms with Gasteiger partial charge in [0, 0.05) is 45.7 Å². The van der Waals surface area contributed by atoms with E-state index in [0.29, 0.717) is 11.8 Å². The number of benzene rings is 3. The standard InChI is InChI=1S/C59H59BN2/c1-34-26-35(2)51(36(3)27-34)40-29-49-54-50(30-40)62-55(38-20-14-11-15-21-38)52(37-18-12-10-13-19-37)46-28-39-22-16-17-23-43(39)53(57(46)62)60(54)47-33-42(59(7,8)9)32-45-44-31-41(58(4,5)6)24-25-48(44)61(49)56(45)47/h10,12-14,16-30,32-33,41,43,45,53,56H,11,15,31H2,1-9H3. The molecule has 5 atom stereocenters. The van der Waals surface area contributed by atoms with Crippen LogP contribution < -0.4 is 10.4 Å². The van der Waals surface area contributed by atoms with E-state index in [1.54, 1.807) is 11.0 Å². The van der Waals surface area contributed by atoms with Crippen molar-refractivity contribution in [3.63, 3.8) is 0 Å². The highest BCUT2D eigenvalue weighted by Crippen LogP contribution is 2.60. The fourth-order valence-corrected chi connectivity index (χ4v) is 13.1. The average molecular weight is 807 g/mol. The van der Waals surface area contributed by atoms with Gasteiger partial charge in [-0.15, -0.1) is 0 Å². The van der Waals surface area contributed by atoms with Gasteiger partial charge in [-0.2, -0.15) is 0 Å². The van der Waals surface area contributed by atoms with Gasteiger partial charge in [0.05, 0.1) is 11.7 Å². The number of hydrogen-bond donors (Lipinski definition) is 0. The molecule has 3 aromatic carbocycles. The second kappa shape index (κ2) is 13.2. The summed E-state index contributed by atoms with van der Waals surface area (Å²) < 4.78 is 2.81. The summed E-state index contributed by atoms with van der Waals surface area (Å²) in [5.74, 6) is 1.33. The summed E-state index contributed by atoms with van der Waals surface area (Å²) in [5, 5.41) is 0. The maximum atomic E-state index is 2.86. The lowest BCUT2D eigenvalue weighted by Gasteiger charge is -2.51. The number of aryl methyl sites for hydroxylation is 3. The molecule has 0 bridgehead atoms. The van der Waals surface area contributed by atoms with Crippen molar-refractivity contribution in [2.45, 2.75) is 93.4 Å². The minimum Gasteiger partial charge on any atom is -0.335 e. The molecule has 1 aromatic heterocycles. The molecule has 4 aromatic rings. The third-order valence-corrected chi connectivity index (χ3v) is 15.9. The van der Waals surface area contributed by atoms with Crippen LogP contribution in [-0.2, 0) is 0 Å². The molecular formula is C59H59BN2. The van der Waals surface area contributed by atoms with Crippen molar-refractivity contribution in [3.8, 4) is 27.9 Å². The molecule has 62 heavy (non-hydrogen) atoms. The average Bonchev–Trinajstić information content (AvgIpc) is 3.76. The van der Waals surface area contributed by atoms with Gasteiger partial charge in [-0.1, -0.05) is 156 Å². The minimum atomic E-state index is 0.0199. The van der Waals surface area contributed by atoms with Crippen molar-refractivity contribution in [2.24, 2.45) is 28.6 Å². The van der Waals surface area contributed by atoms with E-state index < -0.39 is 0 Å². The van der Waals surface area contributed by atoms with Gasteiger partial charge in [0.2, 0.25) is 6.71 Å². The van der Waals surface area contributed by atoms with E-state index in [0.717, 1.165) is 19.3 Å². The van der Waals surface area contributed by atoms with Gasteiger partial charge in [-0.3, -0.25) is 0 Å². The van der Waals surface area contributed by atoms with E-state index in [4.69, 9.17) is 0 Å². The molecular weight excluding hydrogens is 747 g/mol. The van der Waals surface area contributed by atoms with Crippen molar-refractivity contribution in [1.82, 2.24) is 4.57 Å². The van der Waals surface area contributed by atoms with Gasteiger partial charge >= 0.3 is 0 Å². The van der Waals surface area contributed by atoms with Crippen LogP contribution in [-0.4, -0.2) is 17.3 Å². The Balaban J connectivity index is 1.25. The van der Waals surface area contributed by atoms with Gasteiger partial charge in [0.1, 0.15) is 0 Å². The van der Waals surface area contributed by atoms with E-state index in [-0.39, 0.29) is 35.3 Å². The normalized spacial score (nSPS) is 24.8. The van der Waals surface area contributed by atoms with Crippen molar-refractivity contribution in [3.05, 3.63) is 183 Å². The van der Waals surface area contributed by atoms with Crippen molar-refractivity contribution < 1.29 is 0 Å². The van der Waals surface area contributed by atoms with Crippen molar-refractivity contribution >= 4 is 29.5 Å². The largest absolute Gasteiger partial charge is 0.335 e. The number of nitrogens with zero attached hydrogens (tertiary/aromatic N) is 2. The number of aromatic nitrogens is 1. The Morgan fingerprint density at radius 2 is 1.52 bits per heavy atom. The number of hydrogen-bond acceptors (Lipinski definition) is 1. The molecule has 5 aliphatic carbocycles. The van der Waals surface area contributed by atoms with Gasteiger partial charge < -0.3 is 9.47 Å². The van der Waals surface area contributed by atoms with Crippen LogP contribution in [0.4, 0.5) is 5.69 Å². The molecule has 0 N–H and O–H groups in total. The molecule has 3 heteroatoms. The monoisotopic (exact) mass is 806 g/mol. The van der Waals surface area contributed by atoms with Crippen LogP contribution in [0.15, 0.2) is 149 Å². The Kier molecular flexibility index (Phi) is 8.15. The van der Waals surface area contributed by atoms with E-state index >= 15 is 0 Å². The Bertz CT molecular complexity index is 2930. The molecule has 0 amide bonds. The van der Waals surface area contributed by atoms with E-state index in [2.05, 4.69) is 199 Å². The van der Waals surface area contributed by atoms with Crippen LogP contribution in [0.5, 0.6) is 0 Å². The van der Waals surface area contributed by atoms with Gasteiger partial charge in [-0.25, -0.2) is 0 Å². The zero-order valence-electron chi connectivity index (χ0n) is 38.1. The maximum absolute atomic E-state index is 2.86. The fraction of sp³-hybridized carbons (Fsp3) is 0.322. The number of rotatable bonds is 3. The molecule has 0 radical (unpaired) electrons. The molecule has 308 valence electrons. The van der Waals surface area contributed by atoms with E-state index in [1.165, 1.54) is 95.1 Å². The van der Waals surface area contributed by atoms with E-state index in [1.807, 2.05) is 0 Å². The topological polar surface area (TPSA) is 8.17 Å². The lowest BCUT2D eigenvalue weighted by molar-refractivity contribution is 0.285. The molecule has 0 saturated heterocycles. The maximum Gasteiger partial charge on any atom is 0.222 e. The quantitative estimate of drug-likeness (QED) is 0.187. The van der Waals surface area contributed by atoms with Gasteiger partial charge in [0.15, 0.2) is 0 Å². The lowest BCUT2D eigenvalue weighted by Crippen LogP contribution is -2.60. The second-order valence-electron chi connectivity index (χ2n) is 21.8. The van der Waals surface area contributed by atoms with Gasteiger partial charge in [-0.05, 0) is 142 Å². The summed E-state index contributed by atoms with van der Waals surface area (Å²) >= 11 is 0. The molecule has 0 fully saturated rings. The summed E-state index contributed by atoms with van der Waals surface area (Å²) in [6, 6.07) is 21.6. The third-order valence-electron chi connectivity index (χ3n) is 15.9. The Morgan fingerprint density at radius 3 is 2.24 bits per heavy atom. The molecule has 12 rings (SSSR count). The first kappa shape index (κ1) is 38.2. The van der Waals surface area contributed by atoms with Crippen LogP contribution in [0.1, 0.15) is 100 Å². The predicted molar refractivity (Wildman–Crippen MR) is 264 cm³/mol. The summed E-state index contributed by atoms with van der Waals surface area (Å²) in [7, 11) is 0. The molecule has 4 heterocycles. The zero-order valence-corrected chi connectivity index (χ0v) is 38.1. The number of fused-ring (bicyclic) bond motifs is 8. The summed E-state index contributed by atoms with van der Waals surface area (Å²) in [5.41, 5.74) is 27.1. The molecule has 0 spiro atoms. The molecule has 5 unspecified atom stereocenters. The Hall–Kier alpha value is -5.54. The predicted octanol–water partition coefficient (Wildman–Crippen LogP) is 14.1. The Morgan fingerprint density at radius 1 is 0.742 bits per heavy atom. The highest BCUT2D eigenvalue weighted by atomic mass is 15.2. The van der Waals surface area contributed by atoms with Crippen molar-refractivity contribution in [2.75, 3.05) is 4.90 Å². The number of anilines is 1. The first-order chi connectivity index (χ1) is 29.8. The van der Waals surface area contributed by atoms with Gasteiger partial charge in [0.25, 0.3) is 0 Å². The van der Waals surface area contributed by atoms with Crippen LogP contribution >= 0.6 is 0 Å². The second-order valence-corrected chi connectivity index (χ2v) is 21.8. The summed E-state index contributed by atoms with van der Waals surface area (Å²) in [4.78, 5) is 2.86. The van der Waals surface area contributed by atoms with Crippen LogP contribution in [0.25, 0.3) is 39.6 Å². The zero-order chi connectivity index (χ0) is 42.6. The smallest absolute Gasteiger partial charge is 0.222 e.